The van der Waals surface area contributed by atoms with Gasteiger partial charge in [-0.1, -0.05) is 0 Å². The Hall–Kier alpha value is -15.8. The van der Waals surface area contributed by atoms with Crippen molar-refractivity contribution in [2.24, 2.45) is 0 Å². The van der Waals surface area contributed by atoms with Crippen molar-refractivity contribution in [3.8, 4) is 57.5 Å². The Morgan fingerprint density at radius 3 is 0.672 bits per heavy atom. The number of aromatic hydroxyl groups is 10. The van der Waals surface area contributed by atoms with Crippen LogP contribution in [0.25, 0.3) is 0 Å². The lowest BCUT2D eigenvalue weighted by atomic mass is 9.94. The summed E-state index contributed by atoms with van der Waals surface area (Å²) >= 11 is 0. The van der Waals surface area contributed by atoms with E-state index >= 15 is 0 Å². The van der Waals surface area contributed by atoms with E-state index in [1.54, 1.807) is 68.4 Å². The van der Waals surface area contributed by atoms with Crippen LogP contribution >= 0.6 is 0 Å². The van der Waals surface area contributed by atoms with Gasteiger partial charge in [0.25, 0.3) is 0 Å². The Morgan fingerprint density at radius 1 is 0.232 bits per heavy atom. The lowest BCUT2D eigenvalue weighted by molar-refractivity contribution is -0.386. The first kappa shape index (κ1) is 82.9. The molecule has 0 spiro atoms. The zero-order valence-electron chi connectivity index (χ0n) is 69.2. The maximum absolute atomic E-state index is 11.5. The van der Waals surface area contributed by atoms with Crippen LogP contribution in [0.4, 0.5) is 102 Å². The molecule has 0 fully saturated rings. The number of hydrogen-bond acceptors (Lipinski definition) is 34. The summed E-state index contributed by atoms with van der Waals surface area (Å²) in [4.78, 5) is 85.0. The number of hydrogen-bond donors (Lipinski definition) is 12. The zero-order chi connectivity index (χ0) is 90.0. The minimum atomic E-state index is -0.631. The highest BCUT2D eigenvalue weighted by atomic mass is 16.6. The van der Waals surface area contributed by atoms with Crippen molar-refractivity contribution in [3.63, 3.8) is 0 Å². The fourth-order valence-electron chi connectivity index (χ4n) is 20.6. The molecule has 648 valence electrons. The molecule has 0 radical (unpaired) electrons. The number of nitrogens with zero attached hydrogens (tertiary/aromatic N) is 16. The first-order valence-corrected chi connectivity index (χ1v) is 39.4. The van der Waals surface area contributed by atoms with Crippen LogP contribution in [0.1, 0.15) is 111 Å². The number of benzene rings is 10. The van der Waals surface area contributed by atoms with E-state index in [1.807, 2.05) is 66.7 Å². The Balaban J connectivity index is 0.000000116. The number of rotatable bonds is 6. The summed E-state index contributed by atoms with van der Waals surface area (Å²) in [5, 5.41) is 169. The van der Waals surface area contributed by atoms with Gasteiger partial charge in [-0.15, -0.1) is 0 Å². The fourth-order valence-corrected chi connectivity index (χ4v) is 20.6. The molecule has 0 saturated carbocycles. The second-order valence-corrected chi connectivity index (χ2v) is 33.0. The van der Waals surface area contributed by atoms with E-state index in [0.717, 1.165) is 82.3 Å². The lowest BCUT2D eigenvalue weighted by Gasteiger charge is -2.46. The highest BCUT2D eigenvalue weighted by molar-refractivity contribution is 5.87. The molecule has 10 aromatic rings. The number of aryl methyl sites for hydroxylation is 7. The molecule has 0 amide bonds. The van der Waals surface area contributed by atoms with Gasteiger partial charge in [-0.2, -0.15) is 0 Å². The summed E-state index contributed by atoms with van der Waals surface area (Å²) in [6, 6.07) is 19.0. The second kappa shape index (κ2) is 30.1. The van der Waals surface area contributed by atoms with E-state index in [-0.39, 0.29) is 65.3 Å². The normalized spacial score (nSPS) is 14.9. The number of nitro groups is 6. The summed E-state index contributed by atoms with van der Waals surface area (Å²) in [5.41, 5.74) is 34.2. The van der Waals surface area contributed by atoms with Crippen molar-refractivity contribution in [2.45, 2.75) is 135 Å². The van der Waals surface area contributed by atoms with E-state index in [4.69, 9.17) is 11.5 Å². The van der Waals surface area contributed by atoms with Crippen LogP contribution in [0.5, 0.6) is 57.5 Å². The first-order valence-electron chi connectivity index (χ1n) is 39.4. The summed E-state index contributed by atoms with van der Waals surface area (Å²) in [6.07, 6.45) is 0. The predicted octanol–water partition coefficient (Wildman–Crippen LogP) is 13.7. The van der Waals surface area contributed by atoms with Gasteiger partial charge >= 0.3 is 34.1 Å². The first-order chi connectivity index (χ1) is 59.0. The molecular formula is C85H86N18O22. The average molecular weight is 1710 g/mol. The molecule has 10 heterocycles. The van der Waals surface area contributed by atoms with Gasteiger partial charge in [0.05, 0.1) is 161 Å². The largest absolute Gasteiger partial charge is 0.508 e. The molecule has 125 heavy (non-hydrogen) atoms. The minimum Gasteiger partial charge on any atom is -0.508 e. The monoisotopic (exact) mass is 1710 g/mol. The van der Waals surface area contributed by atoms with Gasteiger partial charge in [0.1, 0.15) is 23.0 Å². The SMILES string of the molecule is Cc1c2c(cc(O)c1[N+](=O)[O-])CN1CN2Cc2cc(O)c([N+](=O)[O-])c(C)c21.Cc1cc(O)c(N)c2c1N1Cc3c(N)c(O)cc(C)c3N(C2)C1.Cc1cc(O)c([N+](=O)[O-])c2c1N1Cc3c(c(C)cc(O)c3[N+](=O)[O-])N(C2)C1.Cc1cc(O)c([N+](=O)[O-])c2c1N1Cc3cc(O)c([N+](=O)[O-])c(C)c3N(C2)C1.Cc1cc(O)cc2c1N1Cc3cc(O)cc(C)c3N(C2)C1. The number of nitrogens with two attached hydrogens (primary N) is 2. The molecule has 20 rings (SSSR count). The number of nitro benzene ring substituents is 6. The van der Waals surface area contributed by atoms with Gasteiger partial charge in [-0.25, -0.2) is 0 Å². The lowest BCUT2D eigenvalue weighted by Crippen LogP contribution is -2.47. The smallest absolute Gasteiger partial charge is 0.317 e. The van der Waals surface area contributed by atoms with Gasteiger partial charge < -0.3 is 112 Å². The van der Waals surface area contributed by atoms with E-state index < -0.39 is 64.0 Å². The Kier molecular flexibility index (Phi) is 20.0. The summed E-state index contributed by atoms with van der Waals surface area (Å²) in [6.45, 7) is 25.1. The molecular weight excluding hydrogens is 1630 g/mol. The van der Waals surface area contributed by atoms with Crippen LogP contribution in [-0.4, -0.2) is 114 Å². The molecule has 0 atom stereocenters. The topological polar surface area (TPSA) is 546 Å². The van der Waals surface area contributed by atoms with Crippen LogP contribution in [0.3, 0.4) is 0 Å². The fraction of sp³-hybridized carbons (Fsp3) is 0.294. The number of anilines is 12. The third-order valence-electron chi connectivity index (χ3n) is 24.8. The second-order valence-electron chi connectivity index (χ2n) is 33.0. The molecule has 10 aliphatic rings. The number of phenols is 10. The third-order valence-corrected chi connectivity index (χ3v) is 24.8. The van der Waals surface area contributed by atoms with E-state index in [1.165, 1.54) is 47.8 Å². The zero-order valence-corrected chi connectivity index (χ0v) is 69.2. The van der Waals surface area contributed by atoms with Gasteiger partial charge in [0.2, 0.25) is 0 Å². The van der Waals surface area contributed by atoms with E-state index in [9.17, 15) is 112 Å². The highest BCUT2D eigenvalue weighted by Crippen LogP contribution is 2.56. The molecule has 14 N–H and O–H groups in total. The van der Waals surface area contributed by atoms with Crippen molar-refractivity contribution in [1.82, 2.24) is 0 Å². The van der Waals surface area contributed by atoms with Crippen LogP contribution in [0.2, 0.25) is 0 Å². The Bertz CT molecular complexity index is 6110. The predicted molar refractivity (Wildman–Crippen MR) is 463 cm³/mol. The molecule has 0 aliphatic carbocycles. The Morgan fingerprint density at radius 2 is 0.416 bits per heavy atom. The van der Waals surface area contributed by atoms with Gasteiger partial charge in [-0.3, -0.25) is 60.7 Å². The highest BCUT2D eigenvalue weighted by Gasteiger charge is 2.45. The minimum absolute atomic E-state index is 0.130. The molecule has 0 unspecified atom stereocenters. The molecule has 40 nitrogen and oxygen atoms in total. The quantitative estimate of drug-likeness (QED) is 0.0318. The van der Waals surface area contributed by atoms with Gasteiger partial charge in [-0.05, 0) is 209 Å². The van der Waals surface area contributed by atoms with E-state index in [2.05, 4.69) is 19.6 Å². The number of fused-ring (bicyclic) bond motifs is 30. The standard InChI is InChI=1S/3C17H16N4O6.C17H20N4O2.C17H18N2O2/c1-8-14-10(3-12(22)16(8)20(24)25)5-19-7-18(14)6-11-4-13(23)17(21(26)27)9(2)15(11)19;1-8-3-12(22)17(21(26)27)11-6-19-7-18(14(8)11)5-10-4-13(23)16(20(24)25)9(2)15(10)19;1-8-3-12(22)16(20(24)25)10-5-19-7-18(14(8)10)6-11-15(19)9(2)4-13(23)17(11)21(26)27;1-8-3-12(22)14(18)10-5-21-7-20(16(8)10)6-11-15(19)13(23)4-9(2)17(11)21;1-10-3-14(20)5-12-7-19-9-18(16(10)12)8-13-6-15(21)4-11(2)17(13)19/h3*3-4,22-23H,5-7H2,1-2H3;3-4,22-23H,5-7,18-19H2,1-2H3;3-6,20-21H,7-9H2,1-2H3. The van der Waals surface area contributed by atoms with Gasteiger partial charge in [0, 0.05) is 79.7 Å². The maximum Gasteiger partial charge on any atom is 0.317 e. The van der Waals surface area contributed by atoms with E-state index in [0.29, 0.717) is 176 Å². The van der Waals surface area contributed by atoms with Crippen molar-refractivity contribution in [1.29, 1.82) is 0 Å². The average Bonchev–Trinajstić information content (AvgIpc) is 0.747. The number of nitrogen functional groups attached to an aromatic ring is 2. The van der Waals surface area contributed by atoms with Crippen LogP contribution in [-0.2, 0) is 65.4 Å². The Labute approximate surface area is 710 Å². The molecule has 10 bridgehead atoms. The van der Waals surface area contributed by atoms with Crippen LogP contribution < -0.4 is 60.5 Å². The van der Waals surface area contributed by atoms with Gasteiger partial charge in [0.15, 0.2) is 34.5 Å². The molecule has 10 aromatic carbocycles. The molecule has 0 saturated heterocycles. The van der Waals surface area contributed by atoms with Crippen LogP contribution in [0, 0.1) is 130 Å². The van der Waals surface area contributed by atoms with Crippen molar-refractivity contribution < 1.29 is 80.6 Å². The number of phenolic OH excluding ortho intramolecular Hbond substituents is 10. The molecule has 10 aliphatic heterocycles. The molecule has 40 heteroatoms. The van der Waals surface area contributed by atoms with Crippen molar-refractivity contribution in [2.75, 3.05) is 93.8 Å². The van der Waals surface area contributed by atoms with Crippen LogP contribution in [0.15, 0.2) is 72.8 Å². The summed E-state index contributed by atoms with van der Waals surface area (Å²) < 4.78 is 0. The summed E-state index contributed by atoms with van der Waals surface area (Å²) in [5.74, 6) is -1.46. The summed E-state index contributed by atoms with van der Waals surface area (Å²) in [7, 11) is 0. The molecule has 0 aromatic heterocycles. The van der Waals surface area contributed by atoms with Crippen molar-refractivity contribution >= 4 is 102 Å². The third kappa shape index (κ3) is 13.5. The van der Waals surface area contributed by atoms with Crippen molar-refractivity contribution in [3.05, 3.63) is 245 Å². The maximum atomic E-state index is 11.5.